The highest BCUT2D eigenvalue weighted by atomic mass is 32.2. The molecule has 0 saturated carbocycles. The van der Waals surface area contributed by atoms with Crippen molar-refractivity contribution in [3.63, 3.8) is 0 Å². The lowest BCUT2D eigenvalue weighted by atomic mass is 10.0. The highest BCUT2D eigenvalue weighted by Gasteiger charge is 2.43. The molecule has 4 saturated heterocycles. The number of rotatable bonds is 56. The molecule has 4 fully saturated rings. The molecule has 9 N–H and O–H groups in total. The molecule has 5 heterocycles. The number of nitrogens with zero attached hydrogens (tertiary/aromatic N) is 1. The summed E-state index contributed by atoms with van der Waals surface area (Å²) in [5.41, 5.74) is 0.699. The molecule has 94 heavy (non-hydrogen) atoms. The number of anilines is 1. The van der Waals surface area contributed by atoms with Gasteiger partial charge in [0.25, 0.3) is 23.6 Å². The summed E-state index contributed by atoms with van der Waals surface area (Å²) in [5.74, 6) is 0.196. The van der Waals surface area contributed by atoms with Crippen LogP contribution in [0.2, 0.25) is 0 Å². The molecule has 30 heteroatoms. The van der Waals surface area contributed by atoms with Crippen LogP contribution < -0.4 is 47.9 Å². The standard InChI is InChI=1S/C64H102N10O18S2/c75-54(14-3-1-12-52-59-50(45-93-52)70-63(82)72-59)65-19-7-25-85-31-37-91-39-33-87-27-9-21-67-61(80)47-42-48(44-49(43-47)69-56(77)16-5-6-24-84-30-36-90-41-35-89-29-11-23-74-57(78)17-18-58(74)79)62(81)68-22-10-28-88-34-40-92-38-32-86-26-8-20-66-55(76)15-4-2-13-53-60-51(46-94-53)71-64(83)73-60/h17-18,42-44,50-53,59-60H,1-16,19-41,45-46H2,(H,65,75)(H,66,76)(H,67,80)(H,68,81)(H,69,77)(H2,70,72,82)(H2,71,73,83). The molecular weight excluding hydrogens is 1260 g/mol. The number of hydrogen-bond donors (Lipinski definition) is 9. The minimum atomic E-state index is -0.421. The molecule has 528 valence electrons. The number of unbranched alkanes of at least 4 members (excludes halogenated alkanes) is 3. The molecule has 6 atom stereocenters. The van der Waals surface area contributed by atoms with Crippen LogP contribution >= 0.6 is 23.5 Å². The number of ether oxygens (including phenoxy) is 9. The molecule has 11 amide bonds. The average Bonchev–Trinajstić information content (AvgIpc) is 1.66. The van der Waals surface area contributed by atoms with Crippen LogP contribution in [-0.2, 0) is 66.6 Å². The molecule has 5 aliphatic rings. The fourth-order valence-electron chi connectivity index (χ4n) is 10.8. The molecule has 0 aliphatic carbocycles. The first-order valence-electron chi connectivity index (χ1n) is 33.6. The van der Waals surface area contributed by atoms with Crippen molar-refractivity contribution in [2.45, 2.75) is 137 Å². The molecule has 5 aliphatic heterocycles. The zero-order chi connectivity index (χ0) is 66.6. The molecule has 1 aromatic rings. The number of urea groups is 2. The van der Waals surface area contributed by atoms with Gasteiger partial charge in [-0.2, -0.15) is 23.5 Å². The Labute approximate surface area is 560 Å². The summed E-state index contributed by atoms with van der Waals surface area (Å²) in [4.78, 5) is 112. The number of thioether (sulfide) groups is 2. The topological polar surface area (TPSA) is 348 Å². The molecule has 0 aromatic heterocycles. The maximum atomic E-state index is 13.4. The number of carbonyl (C=O) groups excluding carboxylic acids is 9. The summed E-state index contributed by atoms with van der Waals surface area (Å²) in [6.45, 7) is 9.16. The Bertz CT molecular complexity index is 2370. The van der Waals surface area contributed by atoms with E-state index in [0.29, 0.717) is 226 Å². The lowest BCUT2D eigenvalue weighted by Gasteiger charge is -2.16. The van der Waals surface area contributed by atoms with Crippen LogP contribution in [0, 0.1) is 0 Å². The first-order valence-corrected chi connectivity index (χ1v) is 35.7. The van der Waals surface area contributed by atoms with Crippen molar-refractivity contribution < 1.29 is 85.8 Å². The third-order valence-electron chi connectivity index (χ3n) is 15.7. The van der Waals surface area contributed by atoms with Gasteiger partial charge in [-0.1, -0.05) is 12.8 Å². The third kappa shape index (κ3) is 31.9. The monoisotopic (exact) mass is 1360 g/mol. The van der Waals surface area contributed by atoms with Crippen molar-refractivity contribution in [3.8, 4) is 0 Å². The van der Waals surface area contributed by atoms with Crippen LogP contribution in [-0.4, -0.2) is 256 Å². The number of benzene rings is 1. The van der Waals surface area contributed by atoms with Gasteiger partial charge in [0.1, 0.15) is 0 Å². The van der Waals surface area contributed by atoms with Gasteiger partial charge < -0.3 is 90.5 Å². The highest BCUT2D eigenvalue weighted by Crippen LogP contribution is 2.34. The quantitative estimate of drug-likeness (QED) is 0.0257. The van der Waals surface area contributed by atoms with Crippen LogP contribution in [0.1, 0.15) is 123 Å². The van der Waals surface area contributed by atoms with Gasteiger partial charge in [-0.3, -0.25) is 38.5 Å². The Kier molecular flexibility index (Phi) is 38.9. The molecule has 0 bridgehead atoms. The van der Waals surface area contributed by atoms with Crippen molar-refractivity contribution in [2.75, 3.05) is 168 Å². The Hall–Kier alpha value is -5.67. The van der Waals surface area contributed by atoms with Crippen molar-refractivity contribution in [1.82, 2.24) is 47.4 Å². The third-order valence-corrected chi connectivity index (χ3v) is 18.7. The van der Waals surface area contributed by atoms with E-state index in [1.807, 2.05) is 23.5 Å². The number of fused-ring (bicyclic) bond motifs is 2. The molecular formula is C64H102N10O18S2. The van der Waals surface area contributed by atoms with E-state index < -0.39 is 11.8 Å². The van der Waals surface area contributed by atoms with Gasteiger partial charge in [-0.15, -0.1) is 0 Å². The van der Waals surface area contributed by atoms with Gasteiger partial charge in [-0.25, -0.2) is 9.59 Å². The Morgan fingerprint density at radius 2 is 0.755 bits per heavy atom. The van der Waals surface area contributed by atoms with Crippen molar-refractivity contribution in [3.05, 3.63) is 41.5 Å². The minimum Gasteiger partial charge on any atom is -0.379 e. The Morgan fingerprint density at radius 1 is 0.404 bits per heavy atom. The fraction of sp³-hybridized carbons (Fsp3) is 0.734. The maximum absolute atomic E-state index is 13.4. The van der Waals surface area contributed by atoms with E-state index in [-0.39, 0.29) is 83.3 Å². The normalized spacial score (nSPS) is 19.4. The fourth-order valence-corrected chi connectivity index (χ4v) is 13.8. The van der Waals surface area contributed by atoms with Gasteiger partial charge in [0, 0.05) is 143 Å². The van der Waals surface area contributed by atoms with Gasteiger partial charge >= 0.3 is 12.1 Å². The van der Waals surface area contributed by atoms with Gasteiger partial charge in [0.05, 0.1) is 103 Å². The van der Waals surface area contributed by atoms with Gasteiger partial charge in [0.2, 0.25) is 17.7 Å². The summed E-state index contributed by atoms with van der Waals surface area (Å²) in [5, 5.41) is 27.2. The van der Waals surface area contributed by atoms with Gasteiger partial charge in [-0.05, 0) is 88.8 Å². The predicted octanol–water partition coefficient (Wildman–Crippen LogP) is 2.96. The molecule has 1 aromatic carbocycles. The Morgan fingerprint density at radius 3 is 1.17 bits per heavy atom. The summed E-state index contributed by atoms with van der Waals surface area (Å²) in [6.07, 6.45) is 13.3. The molecule has 6 unspecified atom stereocenters. The van der Waals surface area contributed by atoms with E-state index in [2.05, 4.69) is 47.9 Å². The van der Waals surface area contributed by atoms with Gasteiger partial charge in [0.15, 0.2) is 0 Å². The van der Waals surface area contributed by atoms with E-state index in [4.69, 9.17) is 42.6 Å². The van der Waals surface area contributed by atoms with Crippen LogP contribution in [0.4, 0.5) is 15.3 Å². The van der Waals surface area contributed by atoms with Crippen LogP contribution in [0.5, 0.6) is 0 Å². The summed E-state index contributed by atoms with van der Waals surface area (Å²) in [7, 11) is 0. The molecule has 0 radical (unpaired) electrons. The zero-order valence-corrected chi connectivity index (χ0v) is 56.1. The second-order valence-electron chi connectivity index (χ2n) is 23.2. The number of carbonyl (C=O) groups is 9. The summed E-state index contributed by atoms with van der Waals surface area (Å²) in [6, 6.07) is 5.20. The second kappa shape index (κ2) is 47.3. The SMILES string of the molecule is O=C(CCCCC1SCC2NC(=O)NC21)NCCCOCCOCCOCCCNC(=O)c1cc(NC(=O)CCCCOCCOCCOCCCN2C(=O)C=CC2=O)cc(C(=O)NCCCOCCOCCOCCCNC(=O)CCCCC2SCC3NC(=O)NC32)c1. The number of nitrogens with one attached hydrogen (secondary N) is 9. The predicted molar refractivity (Wildman–Crippen MR) is 354 cm³/mol. The summed E-state index contributed by atoms with van der Waals surface area (Å²) < 4.78 is 50.6. The van der Waals surface area contributed by atoms with Crippen LogP contribution in [0.3, 0.4) is 0 Å². The van der Waals surface area contributed by atoms with Crippen molar-refractivity contribution >= 4 is 82.6 Å². The van der Waals surface area contributed by atoms with Crippen molar-refractivity contribution in [2.24, 2.45) is 0 Å². The lowest BCUT2D eigenvalue weighted by Crippen LogP contribution is -2.36. The van der Waals surface area contributed by atoms with E-state index in [0.717, 1.165) is 50.0 Å². The Balaban J connectivity index is 0.761. The number of hydrogen-bond acceptors (Lipinski definition) is 20. The zero-order valence-electron chi connectivity index (χ0n) is 54.5. The lowest BCUT2D eigenvalue weighted by molar-refractivity contribution is -0.137. The first-order chi connectivity index (χ1) is 45.9. The number of imide groups is 1. The van der Waals surface area contributed by atoms with Crippen LogP contribution in [0.15, 0.2) is 30.4 Å². The smallest absolute Gasteiger partial charge is 0.315 e. The molecule has 0 spiro atoms. The van der Waals surface area contributed by atoms with Crippen LogP contribution in [0.25, 0.3) is 0 Å². The average molecular weight is 1360 g/mol. The largest absolute Gasteiger partial charge is 0.379 e. The van der Waals surface area contributed by atoms with E-state index in [1.54, 1.807) is 0 Å². The second-order valence-corrected chi connectivity index (χ2v) is 25.7. The number of amides is 11. The summed E-state index contributed by atoms with van der Waals surface area (Å²) >= 11 is 3.77. The van der Waals surface area contributed by atoms with E-state index in [9.17, 15) is 43.2 Å². The molecule has 28 nitrogen and oxygen atoms in total. The maximum Gasteiger partial charge on any atom is 0.315 e. The first kappa shape index (κ1) is 77.3. The van der Waals surface area contributed by atoms with Crippen molar-refractivity contribution in [1.29, 1.82) is 0 Å². The molecule has 6 rings (SSSR count). The van der Waals surface area contributed by atoms with E-state index in [1.165, 1.54) is 35.3 Å². The highest BCUT2D eigenvalue weighted by molar-refractivity contribution is 8.00. The minimum absolute atomic E-state index is 0.0370. The van der Waals surface area contributed by atoms with E-state index >= 15 is 0 Å².